The SMILES string of the molecule is N#CC1(Nc2cccc(Br)c2)CCOCC1. The average molecular weight is 281 g/mol. The zero-order valence-electron chi connectivity index (χ0n) is 8.87. The van der Waals surface area contributed by atoms with Crippen LogP contribution < -0.4 is 5.32 Å². The smallest absolute Gasteiger partial charge is 0.129 e. The van der Waals surface area contributed by atoms with Gasteiger partial charge in [-0.2, -0.15) is 5.26 Å². The van der Waals surface area contributed by atoms with Gasteiger partial charge in [0.1, 0.15) is 5.54 Å². The molecule has 1 aromatic rings. The van der Waals surface area contributed by atoms with Crippen LogP contribution in [0, 0.1) is 11.3 Å². The summed E-state index contributed by atoms with van der Waals surface area (Å²) in [6.45, 7) is 1.29. The normalized spacial score (nSPS) is 18.8. The summed E-state index contributed by atoms with van der Waals surface area (Å²) in [4.78, 5) is 0. The first-order valence-electron chi connectivity index (χ1n) is 5.27. The van der Waals surface area contributed by atoms with Crippen LogP contribution in [-0.4, -0.2) is 18.8 Å². The molecule has 1 aliphatic rings. The number of halogens is 1. The zero-order chi connectivity index (χ0) is 11.4. The second kappa shape index (κ2) is 4.86. The lowest BCUT2D eigenvalue weighted by atomic mass is 9.91. The highest BCUT2D eigenvalue weighted by atomic mass is 79.9. The molecule has 0 aliphatic carbocycles. The van der Waals surface area contributed by atoms with Gasteiger partial charge in [-0.15, -0.1) is 0 Å². The van der Waals surface area contributed by atoms with Crippen molar-refractivity contribution in [1.29, 1.82) is 5.26 Å². The van der Waals surface area contributed by atoms with Gasteiger partial charge in [-0.3, -0.25) is 0 Å². The number of ether oxygens (including phenoxy) is 1. The summed E-state index contributed by atoms with van der Waals surface area (Å²) in [6.07, 6.45) is 1.46. The van der Waals surface area contributed by atoms with E-state index in [1.807, 2.05) is 24.3 Å². The third-order valence-electron chi connectivity index (χ3n) is 2.77. The predicted molar refractivity (Wildman–Crippen MR) is 66.2 cm³/mol. The molecular formula is C12H13BrN2O. The number of nitrogens with one attached hydrogen (secondary N) is 1. The van der Waals surface area contributed by atoms with Gasteiger partial charge in [0.25, 0.3) is 0 Å². The summed E-state index contributed by atoms with van der Waals surface area (Å²) in [7, 11) is 0. The summed E-state index contributed by atoms with van der Waals surface area (Å²) < 4.78 is 6.30. The summed E-state index contributed by atoms with van der Waals surface area (Å²) in [5.41, 5.74) is 0.497. The van der Waals surface area contributed by atoms with E-state index in [1.54, 1.807) is 0 Å². The molecule has 1 aromatic carbocycles. The number of nitrogens with zero attached hydrogens (tertiary/aromatic N) is 1. The fourth-order valence-corrected chi connectivity index (χ4v) is 2.23. The Morgan fingerprint density at radius 1 is 1.38 bits per heavy atom. The Hall–Kier alpha value is -1.05. The molecule has 0 unspecified atom stereocenters. The Kier molecular flexibility index (Phi) is 3.47. The first-order valence-corrected chi connectivity index (χ1v) is 6.06. The molecular weight excluding hydrogens is 268 g/mol. The molecule has 0 saturated carbocycles. The van der Waals surface area contributed by atoms with Crippen LogP contribution in [-0.2, 0) is 4.74 Å². The molecule has 0 aromatic heterocycles. The summed E-state index contributed by atoms with van der Waals surface area (Å²) >= 11 is 3.42. The molecule has 1 aliphatic heterocycles. The average Bonchev–Trinajstić information content (AvgIpc) is 2.30. The van der Waals surface area contributed by atoms with Crippen molar-refractivity contribution < 1.29 is 4.74 Å². The van der Waals surface area contributed by atoms with Crippen molar-refractivity contribution in [2.24, 2.45) is 0 Å². The fraction of sp³-hybridized carbons (Fsp3) is 0.417. The highest BCUT2D eigenvalue weighted by Gasteiger charge is 2.32. The number of hydrogen-bond acceptors (Lipinski definition) is 3. The Morgan fingerprint density at radius 3 is 2.75 bits per heavy atom. The summed E-state index contributed by atoms with van der Waals surface area (Å²) in [5.74, 6) is 0. The van der Waals surface area contributed by atoms with E-state index in [1.165, 1.54) is 0 Å². The predicted octanol–water partition coefficient (Wildman–Crippen LogP) is 2.93. The molecule has 1 heterocycles. The maximum absolute atomic E-state index is 9.29. The van der Waals surface area contributed by atoms with Gasteiger partial charge < -0.3 is 10.1 Å². The van der Waals surface area contributed by atoms with Crippen molar-refractivity contribution >= 4 is 21.6 Å². The molecule has 0 amide bonds. The van der Waals surface area contributed by atoms with Gasteiger partial charge in [-0.1, -0.05) is 22.0 Å². The van der Waals surface area contributed by atoms with E-state index in [0.29, 0.717) is 13.2 Å². The van der Waals surface area contributed by atoms with E-state index < -0.39 is 5.54 Å². The minimum atomic E-state index is -0.473. The van der Waals surface area contributed by atoms with Gasteiger partial charge in [0.2, 0.25) is 0 Å². The third-order valence-corrected chi connectivity index (χ3v) is 3.26. The molecule has 84 valence electrons. The maximum Gasteiger partial charge on any atom is 0.129 e. The Labute approximate surface area is 104 Å². The van der Waals surface area contributed by atoms with Gasteiger partial charge >= 0.3 is 0 Å². The van der Waals surface area contributed by atoms with Gasteiger partial charge in [-0.05, 0) is 18.2 Å². The van der Waals surface area contributed by atoms with Crippen molar-refractivity contribution in [2.75, 3.05) is 18.5 Å². The standard InChI is InChI=1S/C12H13BrN2O/c13-10-2-1-3-11(8-10)15-12(9-14)4-6-16-7-5-12/h1-3,8,15H,4-7H2. The minimum Gasteiger partial charge on any atom is -0.381 e. The lowest BCUT2D eigenvalue weighted by Gasteiger charge is -2.32. The lowest BCUT2D eigenvalue weighted by molar-refractivity contribution is 0.0753. The first-order chi connectivity index (χ1) is 7.74. The number of benzene rings is 1. The van der Waals surface area contributed by atoms with E-state index in [4.69, 9.17) is 4.74 Å². The molecule has 0 atom stereocenters. The third kappa shape index (κ3) is 2.55. The van der Waals surface area contributed by atoms with Crippen LogP contribution in [0.25, 0.3) is 0 Å². The maximum atomic E-state index is 9.29. The van der Waals surface area contributed by atoms with Crippen molar-refractivity contribution in [3.8, 4) is 6.07 Å². The van der Waals surface area contributed by atoms with Crippen LogP contribution in [0.5, 0.6) is 0 Å². The largest absolute Gasteiger partial charge is 0.381 e. The second-order valence-electron chi connectivity index (χ2n) is 3.94. The molecule has 1 fully saturated rings. The molecule has 1 N–H and O–H groups in total. The minimum absolute atomic E-state index is 0.473. The van der Waals surface area contributed by atoms with Gasteiger partial charge in [0, 0.05) is 36.2 Å². The number of nitriles is 1. The van der Waals surface area contributed by atoms with Crippen molar-refractivity contribution in [2.45, 2.75) is 18.4 Å². The van der Waals surface area contributed by atoms with Crippen LogP contribution in [0.3, 0.4) is 0 Å². The van der Waals surface area contributed by atoms with Crippen molar-refractivity contribution in [3.63, 3.8) is 0 Å². The number of hydrogen-bond donors (Lipinski definition) is 1. The monoisotopic (exact) mass is 280 g/mol. The molecule has 16 heavy (non-hydrogen) atoms. The summed E-state index contributed by atoms with van der Waals surface area (Å²) in [5, 5.41) is 12.6. The fourth-order valence-electron chi connectivity index (χ4n) is 1.83. The van der Waals surface area contributed by atoms with Gasteiger partial charge in [0.05, 0.1) is 6.07 Å². The molecule has 3 nitrogen and oxygen atoms in total. The highest BCUT2D eigenvalue weighted by Crippen LogP contribution is 2.26. The Morgan fingerprint density at radius 2 is 2.12 bits per heavy atom. The van der Waals surface area contributed by atoms with E-state index >= 15 is 0 Å². The summed E-state index contributed by atoms with van der Waals surface area (Å²) in [6, 6.07) is 10.3. The first kappa shape index (κ1) is 11.4. The molecule has 2 rings (SSSR count). The zero-order valence-corrected chi connectivity index (χ0v) is 10.5. The quantitative estimate of drug-likeness (QED) is 0.906. The Bertz CT molecular complexity index is 408. The topological polar surface area (TPSA) is 45.0 Å². The van der Waals surface area contributed by atoms with E-state index in [9.17, 15) is 5.26 Å². The van der Waals surface area contributed by atoms with Crippen molar-refractivity contribution in [3.05, 3.63) is 28.7 Å². The van der Waals surface area contributed by atoms with Crippen molar-refractivity contribution in [1.82, 2.24) is 0 Å². The second-order valence-corrected chi connectivity index (χ2v) is 4.86. The molecule has 0 bridgehead atoms. The van der Waals surface area contributed by atoms with Gasteiger partial charge in [0.15, 0.2) is 0 Å². The molecule has 0 spiro atoms. The van der Waals surface area contributed by atoms with Crippen LogP contribution in [0.2, 0.25) is 0 Å². The van der Waals surface area contributed by atoms with E-state index in [2.05, 4.69) is 27.3 Å². The molecule has 0 radical (unpaired) electrons. The Balaban J connectivity index is 2.15. The van der Waals surface area contributed by atoms with E-state index in [0.717, 1.165) is 23.0 Å². The van der Waals surface area contributed by atoms with Gasteiger partial charge in [-0.25, -0.2) is 0 Å². The highest BCUT2D eigenvalue weighted by molar-refractivity contribution is 9.10. The lowest BCUT2D eigenvalue weighted by Crippen LogP contribution is -2.42. The van der Waals surface area contributed by atoms with E-state index in [-0.39, 0.29) is 0 Å². The van der Waals surface area contributed by atoms with Crippen LogP contribution in [0.1, 0.15) is 12.8 Å². The number of anilines is 1. The molecule has 4 heteroatoms. The van der Waals surface area contributed by atoms with Crippen LogP contribution >= 0.6 is 15.9 Å². The number of rotatable bonds is 2. The van der Waals surface area contributed by atoms with Crippen LogP contribution in [0.15, 0.2) is 28.7 Å². The van der Waals surface area contributed by atoms with Crippen LogP contribution in [0.4, 0.5) is 5.69 Å². The molecule has 1 saturated heterocycles.